The minimum Gasteiger partial charge on any atom is -0.549 e. The average molecular weight is 1060 g/mol. The van der Waals surface area contributed by atoms with Crippen LogP contribution in [0.4, 0.5) is 0 Å². The summed E-state index contributed by atoms with van der Waals surface area (Å²) in [5.74, 6) is -10.2. The van der Waals surface area contributed by atoms with Crippen LogP contribution in [0.25, 0.3) is 0 Å². The van der Waals surface area contributed by atoms with E-state index >= 15 is 0 Å². The van der Waals surface area contributed by atoms with Gasteiger partial charge in [0.15, 0.2) is 0 Å². The largest absolute Gasteiger partial charge is 3.00 e. The maximum atomic E-state index is 11.0. The van der Waals surface area contributed by atoms with Crippen LogP contribution in [-0.4, -0.2) is 234 Å². The van der Waals surface area contributed by atoms with Gasteiger partial charge in [-0.1, -0.05) is 0 Å². The maximum absolute atomic E-state index is 11.0. The van der Waals surface area contributed by atoms with Gasteiger partial charge in [0.05, 0.1) is 76.2 Å². The molecular formula is C34H58FeN8NaO25. The van der Waals surface area contributed by atoms with Crippen LogP contribution in [0.15, 0.2) is 0 Å². The van der Waals surface area contributed by atoms with E-state index < -0.39 is 97.8 Å². The first-order valence-electron chi connectivity index (χ1n) is 18.3. The number of nitrogens with zero attached hydrogens (tertiary/aromatic N) is 4. The molecule has 4 fully saturated rings. The summed E-state index contributed by atoms with van der Waals surface area (Å²) in [6.07, 6.45) is 0. The Bertz CT molecular complexity index is 1300. The molecule has 4 saturated heterocycles. The Morgan fingerprint density at radius 2 is 0.478 bits per heavy atom. The van der Waals surface area contributed by atoms with Gasteiger partial charge in [-0.3, -0.25) is 58.0 Å². The number of carbonyl (C=O) groups is 12. The van der Waals surface area contributed by atoms with Gasteiger partial charge < -0.3 is 107 Å². The van der Waals surface area contributed by atoms with Crippen molar-refractivity contribution in [2.75, 3.05) is 138 Å². The number of aliphatic hydroxyl groups excluding tert-OH is 1. The van der Waals surface area contributed by atoms with Crippen LogP contribution >= 0.6 is 0 Å². The van der Waals surface area contributed by atoms with Crippen LogP contribution in [0, 0.1) is 0 Å². The van der Waals surface area contributed by atoms with Crippen LogP contribution in [0.2, 0.25) is 0 Å². The second-order valence-electron chi connectivity index (χ2n) is 12.1. The molecule has 0 spiro atoms. The Labute approximate surface area is 426 Å². The fourth-order valence-electron chi connectivity index (χ4n) is 4.47. The molecule has 0 aromatic heterocycles. The monoisotopic (exact) mass is 1060 g/mol. The Morgan fingerprint density at radius 1 is 0.377 bits per heavy atom. The van der Waals surface area contributed by atoms with E-state index in [1.165, 1.54) is 0 Å². The van der Waals surface area contributed by atoms with Crippen molar-refractivity contribution in [2.45, 2.75) is 6.92 Å². The van der Waals surface area contributed by atoms with Gasteiger partial charge in [0.25, 0.3) is 0 Å². The molecule has 69 heavy (non-hydrogen) atoms. The summed E-state index contributed by atoms with van der Waals surface area (Å²) in [5.41, 5.74) is 0. The molecule has 393 valence electrons. The van der Waals surface area contributed by atoms with E-state index in [4.69, 9.17) is 5.11 Å². The first-order chi connectivity index (χ1) is 29.7. The number of cyclic esters (lactones) is 8. The molecule has 0 saturated carbocycles. The van der Waals surface area contributed by atoms with Crippen molar-refractivity contribution in [1.29, 1.82) is 0 Å². The molecule has 0 amide bonds. The third-order valence-corrected chi connectivity index (χ3v) is 6.67. The van der Waals surface area contributed by atoms with Gasteiger partial charge in [0.2, 0.25) is 0 Å². The summed E-state index contributed by atoms with van der Waals surface area (Å²) in [5, 5.41) is 48.8. The molecule has 0 aliphatic carbocycles. The van der Waals surface area contributed by atoms with E-state index in [2.05, 4.69) is 37.9 Å². The number of ether oxygens (including phenoxy) is 8. The van der Waals surface area contributed by atoms with E-state index in [1.54, 1.807) is 6.92 Å². The SMILES string of the molecule is CCO.N.N.N.N.O=C([O-])CN1CC(=O)OCCOC(=O)C1.O=C([O-])CN1CC(=O)OCCOC(=O)C1.O=C([O-])CN1CC(=O)OCCOC(=O)C1.O=C([O-])CN1CC(=O)OCCOC(=O)C1.[Fe+3].[Na+]. The molecule has 1 radical (unpaired) electrons. The molecule has 13 N–H and O–H groups in total. The molecular weight excluding hydrogens is 999 g/mol. The zero-order valence-corrected chi connectivity index (χ0v) is 41.2. The van der Waals surface area contributed by atoms with Crippen molar-refractivity contribution >= 4 is 71.6 Å². The number of hydrogen-bond acceptors (Lipinski definition) is 33. The Kier molecular flexibility index (Phi) is 52.6. The van der Waals surface area contributed by atoms with Crippen LogP contribution in [-0.2, 0) is 112 Å². The summed E-state index contributed by atoms with van der Waals surface area (Å²) < 4.78 is 37.2. The number of esters is 8. The predicted octanol–water partition coefficient (Wildman–Crippen LogP) is -13.8. The molecule has 0 unspecified atom stereocenters. The fraction of sp³-hybridized carbons (Fsp3) is 0.647. The summed E-state index contributed by atoms with van der Waals surface area (Å²) in [6.45, 7) is -2.28. The molecule has 0 aromatic rings. The van der Waals surface area contributed by atoms with E-state index in [0.717, 1.165) is 19.6 Å². The Morgan fingerprint density at radius 3 is 0.565 bits per heavy atom. The van der Waals surface area contributed by atoms with Crippen molar-refractivity contribution < 1.29 is 168 Å². The summed E-state index contributed by atoms with van der Waals surface area (Å²) in [7, 11) is 0. The van der Waals surface area contributed by atoms with Crippen LogP contribution < -0.4 is 74.6 Å². The van der Waals surface area contributed by atoms with Gasteiger partial charge in [-0.05, 0) is 6.92 Å². The number of carboxylic acid groups (broad SMARTS) is 4. The predicted molar refractivity (Wildman–Crippen MR) is 206 cm³/mol. The van der Waals surface area contributed by atoms with Gasteiger partial charge >= 0.3 is 94.4 Å². The maximum Gasteiger partial charge on any atom is 3.00 e. The molecule has 35 heteroatoms. The minimum atomic E-state index is -1.37. The third kappa shape index (κ3) is 46.3. The number of rotatable bonds is 8. The topological polar surface area (TPSA) is 544 Å². The fourth-order valence-corrected chi connectivity index (χ4v) is 4.47. The third-order valence-electron chi connectivity index (χ3n) is 6.67. The zero-order chi connectivity index (χ0) is 47.7. The van der Waals surface area contributed by atoms with Gasteiger partial charge in [0, 0.05) is 32.8 Å². The number of aliphatic carboxylic acids is 4. The van der Waals surface area contributed by atoms with Crippen molar-refractivity contribution in [3.8, 4) is 0 Å². The molecule has 0 atom stereocenters. The number of carbonyl (C=O) groups excluding carboxylic acids is 12. The number of hydrogen-bond donors (Lipinski definition) is 5. The Hall–Kier alpha value is -5.20. The first kappa shape index (κ1) is 78.0. The summed E-state index contributed by atoms with van der Waals surface area (Å²) >= 11 is 0. The molecule has 0 aromatic carbocycles. The quantitative estimate of drug-likeness (QED) is 0.0856. The second kappa shape index (κ2) is 46.5. The normalized spacial score (nSPS) is 17.2. The summed E-state index contributed by atoms with van der Waals surface area (Å²) in [6, 6.07) is 0. The Balaban J connectivity index is -0.000000142. The number of carboxylic acids is 4. The molecule has 4 aliphatic rings. The van der Waals surface area contributed by atoms with Crippen LogP contribution in [0.5, 0.6) is 0 Å². The van der Waals surface area contributed by atoms with E-state index in [9.17, 15) is 78.0 Å². The van der Waals surface area contributed by atoms with Crippen molar-refractivity contribution in [3.63, 3.8) is 0 Å². The van der Waals surface area contributed by atoms with Crippen molar-refractivity contribution in [3.05, 3.63) is 0 Å². The van der Waals surface area contributed by atoms with Gasteiger partial charge in [-0.15, -0.1) is 0 Å². The summed E-state index contributed by atoms with van der Waals surface area (Å²) in [4.78, 5) is 134. The average Bonchev–Trinajstić information content (AvgIpc) is 3.36. The molecule has 4 heterocycles. The second-order valence-corrected chi connectivity index (χ2v) is 12.1. The van der Waals surface area contributed by atoms with Crippen molar-refractivity contribution in [1.82, 2.24) is 44.2 Å². The standard InChI is InChI=1S/4C8H11NO6.C2H6O.Fe.4H3N.Na/c4*10-6(11)3-9-4-7(12)14-1-2-15-8(13)5-9;1-2-3;;;;;;/h4*1-5H2,(H,10,11);3H,2H2,1H3;;4*1H3;/q;;;;;+3;;;;;+1/p-4. The zero-order valence-electron chi connectivity index (χ0n) is 38.1. The first-order valence-corrected chi connectivity index (χ1v) is 18.3. The number of aliphatic hydroxyl groups is 1. The van der Waals surface area contributed by atoms with E-state index in [1.807, 2.05) is 0 Å². The molecule has 4 aliphatic heterocycles. The smallest absolute Gasteiger partial charge is 0.549 e. The minimum absolute atomic E-state index is 0. The molecule has 0 bridgehead atoms. The van der Waals surface area contributed by atoms with Crippen LogP contribution in [0.3, 0.4) is 0 Å². The van der Waals surface area contributed by atoms with Gasteiger partial charge in [-0.25, -0.2) is 0 Å². The van der Waals surface area contributed by atoms with Crippen LogP contribution in [0.1, 0.15) is 6.92 Å². The van der Waals surface area contributed by atoms with Gasteiger partial charge in [-0.2, -0.15) is 0 Å². The molecule has 33 nitrogen and oxygen atoms in total. The van der Waals surface area contributed by atoms with E-state index in [0.29, 0.717) is 0 Å². The van der Waals surface area contributed by atoms with Gasteiger partial charge in [0.1, 0.15) is 52.9 Å². The van der Waals surface area contributed by atoms with Crippen molar-refractivity contribution in [2.24, 2.45) is 0 Å². The molecule has 4 rings (SSSR count). The van der Waals surface area contributed by atoms with E-state index in [-0.39, 0.29) is 183 Å².